The first-order chi connectivity index (χ1) is 26.9. The van der Waals surface area contributed by atoms with Gasteiger partial charge < -0.3 is 29.6 Å². The zero-order valence-electron chi connectivity index (χ0n) is 38.2. The van der Waals surface area contributed by atoms with Crippen molar-refractivity contribution in [3.8, 4) is 0 Å². The van der Waals surface area contributed by atoms with Gasteiger partial charge >= 0.3 is 11.9 Å². The third-order valence-electron chi connectivity index (χ3n) is 15.7. The van der Waals surface area contributed by atoms with E-state index in [1.54, 1.807) is 0 Å². The number of carbonyl (C=O) groups is 2. The molecule has 328 valence electrons. The molecule has 8 heteroatoms. The van der Waals surface area contributed by atoms with E-state index in [1.807, 2.05) is 13.8 Å². The number of nitrogens with one attached hydrogen (secondary N) is 2. The fourth-order valence-corrected chi connectivity index (χ4v) is 13.7. The number of unbranched alkanes of at least 4 members (excludes halogenated alkanes) is 6. The van der Waals surface area contributed by atoms with E-state index in [0.717, 1.165) is 38.8 Å². The molecule has 4 saturated carbocycles. The van der Waals surface area contributed by atoms with Gasteiger partial charge in [0.05, 0.1) is 50.5 Å². The quantitative estimate of drug-likeness (QED) is 0.0929. The van der Waals surface area contributed by atoms with Gasteiger partial charge in [-0.2, -0.15) is 0 Å². The average molecular weight is 799 g/mol. The highest BCUT2D eigenvalue weighted by Crippen LogP contribution is 2.61. The molecule has 0 unspecified atom stereocenters. The highest BCUT2D eigenvalue weighted by atomic mass is 16.5. The average Bonchev–Trinajstić information content (AvgIpc) is 3.82. The van der Waals surface area contributed by atoms with Crippen molar-refractivity contribution >= 4 is 11.9 Å². The molecule has 0 radical (unpaired) electrons. The molecule has 4 aliphatic carbocycles. The molecule has 6 rings (SSSR count). The van der Waals surface area contributed by atoms with Crippen LogP contribution in [-0.4, -0.2) is 74.7 Å². The Bertz CT molecular complexity index is 1230. The molecule has 2 aliphatic heterocycles. The molecule has 8 nitrogen and oxygen atoms in total. The fourth-order valence-electron chi connectivity index (χ4n) is 13.7. The Morgan fingerprint density at radius 1 is 0.491 bits per heavy atom. The van der Waals surface area contributed by atoms with Crippen molar-refractivity contribution in [1.82, 2.24) is 10.6 Å². The molecule has 2 heterocycles. The van der Waals surface area contributed by atoms with Gasteiger partial charge in [0.2, 0.25) is 0 Å². The highest BCUT2D eigenvalue weighted by Gasteiger charge is 2.59. The van der Waals surface area contributed by atoms with Crippen LogP contribution in [-0.2, 0) is 28.5 Å². The second kappa shape index (κ2) is 18.8. The lowest BCUT2D eigenvalue weighted by atomic mass is 9.73. The zero-order chi connectivity index (χ0) is 41.2. The standard InChI is InChI=1S/C49H86N2O6/c1-11-54-42(52)22-38(44-36-28-46(3,4)24-32(36)34-26-48(7,8)30-40(34)56-44)50-20-18-16-14-13-15-17-19-21-51-39(23-43(53)55-12-2)45-37-29-47(5,6)25-33(37)35-27-49(9,10)31-41(35)57-45/h32-41,44-45,50-51H,11-31H2,1-10H3/t32-,33-,34-,35-,36-,37-,38+,39+,40-,41-,44+,45+/m1/s1. The summed E-state index contributed by atoms with van der Waals surface area (Å²) >= 11 is 0. The summed E-state index contributed by atoms with van der Waals surface area (Å²) in [5, 5.41) is 7.71. The Morgan fingerprint density at radius 2 is 0.807 bits per heavy atom. The van der Waals surface area contributed by atoms with Crippen LogP contribution in [0.2, 0.25) is 0 Å². The largest absolute Gasteiger partial charge is 0.466 e. The van der Waals surface area contributed by atoms with Gasteiger partial charge in [-0.25, -0.2) is 0 Å². The predicted molar refractivity (Wildman–Crippen MR) is 229 cm³/mol. The first-order valence-electron chi connectivity index (χ1n) is 24.0. The third-order valence-corrected chi connectivity index (χ3v) is 15.7. The number of hydrogen-bond donors (Lipinski definition) is 2. The maximum atomic E-state index is 12.9. The predicted octanol–water partition coefficient (Wildman–Crippen LogP) is 10.1. The van der Waals surface area contributed by atoms with E-state index in [1.165, 1.54) is 70.6 Å². The number of rotatable bonds is 20. The molecule has 2 saturated heterocycles. The molecular weight excluding hydrogens is 713 g/mol. The fraction of sp³-hybridized carbons (Fsp3) is 0.959. The summed E-state index contributed by atoms with van der Waals surface area (Å²) in [7, 11) is 0. The maximum absolute atomic E-state index is 12.9. The summed E-state index contributed by atoms with van der Waals surface area (Å²) < 4.78 is 25.1. The van der Waals surface area contributed by atoms with Crippen molar-refractivity contribution in [1.29, 1.82) is 0 Å². The van der Waals surface area contributed by atoms with E-state index in [0.29, 0.717) is 95.4 Å². The molecule has 57 heavy (non-hydrogen) atoms. The highest BCUT2D eigenvalue weighted by molar-refractivity contribution is 5.70. The summed E-state index contributed by atoms with van der Waals surface area (Å²) in [5.41, 5.74) is 1.30. The van der Waals surface area contributed by atoms with Gasteiger partial charge in [0.25, 0.3) is 0 Å². The zero-order valence-corrected chi connectivity index (χ0v) is 38.2. The Hall–Kier alpha value is -1.22. The second-order valence-electron chi connectivity index (χ2n) is 23.2. The summed E-state index contributed by atoms with van der Waals surface area (Å²) in [6.45, 7) is 25.9. The van der Waals surface area contributed by atoms with Crippen molar-refractivity contribution in [3.05, 3.63) is 0 Å². The molecule has 6 aliphatic rings. The minimum absolute atomic E-state index is 0.00626. The number of carbonyl (C=O) groups excluding carboxylic acids is 2. The van der Waals surface area contributed by atoms with E-state index in [4.69, 9.17) is 18.9 Å². The van der Waals surface area contributed by atoms with Crippen LogP contribution in [0.1, 0.15) is 178 Å². The van der Waals surface area contributed by atoms with E-state index < -0.39 is 0 Å². The van der Waals surface area contributed by atoms with E-state index in [-0.39, 0.29) is 36.2 Å². The van der Waals surface area contributed by atoms with E-state index in [9.17, 15) is 9.59 Å². The van der Waals surface area contributed by atoms with Gasteiger partial charge in [-0.05, 0) is 148 Å². The van der Waals surface area contributed by atoms with Gasteiger partial charge in [-0.1, -0.05) is 87.5 Å². The number of fused-ring (bicyclic) bond motifs is 6. The Balaban J connectivity index is 0.937. The molecular formula is C49H86N2O6. The van der Waals surface area contributed by atoms with E-state index in [2.05, 4.69) is 66.0 Å². The molecule has 0 aromatic heterocycles. The minimum Gasteiger partial charge on any atom is -0.466 e. The maximum Gasteiger partial charge on any atom is 0.307 e. The number of hydrogen-bond acceptors (Lipinski definition) is 8. The summed E-state index contributed by atoms with van der Waals surface area (Å²) in [6.07, 6.45) is 19.6. The van der Waals surface area contributed by atoms with Crippen LogP contribution in [0.4, 0.5) is 0 Å². The molecule has 0 amide bonds. The number of ether oxygens (including phenoxy) is 4. The molecule has 0 aromatic carbocycles. The van der Waals surface area contributed by atoms with Crippen LogP contribution >= 0.6 is 0 Å². The van der Waals surface area contributed by atoms with Crippen LogP contribution in [0.3, 0.4) is 0 Å². The minimum atomic E-state index is -0.104. The number of esters is 2. The first kappa shape index (κ1) is 45.3. The van der Waals surface area contributed by atoms with Crippen molar-refractivity contribution in [2.45, 2.75) is 215 Å². The van der Waals surface area contributed by atoms with Crippen LogP contribution in [0.15, 0.2) is 0 Å². The molecule has 0 bridgehead atoms. The van der Waals surface area contributed by atoms with Gasteiger partial charge in [-0.3, -0.25) is 9.59 Å². The van der Waals surface area contributed by atoms with Crippen LogP contribution < -0.4 is 10.6 Å². The molecule has 0 spiro atoms. The molecule has 0 aromatic rings. The Morgan fingerprint density at radius 3 is 1.18 bits per heavy atom. The smallest absolute Gasteiger partial charge is 0.307 e. The van der Waals surface area contributed by atoms with Gasteiger partial charge in [0, 0.05) is 12.1 Å². The van der Waals surface area contributed by atoms with E-state index >= 15 is 0 Å². The lowest BCUT2D eigenvalue weighted by Gasteiger charge is -2.45. The van der Waals surface area contributed by atoms with Gasteiger partial charge in [0.15, 0.2) is 0 Å². The molecule has 6 fully saturated rings. The monoisotopic (exact) mass is 799 g/mol. The van der Waals surface area contributed by atoms with Gasteiger partial charge in [0.1, 0.15) is 0 Å². The topological polar surface area (TPSA) is 95.1 Å². The van der Waals surface area contributed by atoms with Gasteiger partial charge in [-0.15, -0.1) is 0 Å². The van der Waals surface area contributed by atoms with Crippen molar-refractivity contribution in [2.24, 2.45) is 57.2 Å². The second-order valence-corrected chi connectivity index (χ2v) is 23.2. The van der Waals surface area contributed by atoms with Crippen LogP contribution in [0.25, 0.3) is 0 Å². The SMILES string of the molecule is CCOC(=O)C[C@H](NCCCCCCCCCN[C@@H](CC(=O)OCC)[C@H]1O[C@@H]2CC(C)(C)C[C@@H]2[C@H]2CC(C)(C)C[C@H]21)[C@H]1O[C@@H]2CC(C)(C)C[C@@H]2[C@H]2CC(C)(C)C[C@H]21. The third kappa shape index (κ3) is 11.6. The lowest BCUT2D eigenvalue weighted by molar-refractivity contribution is -0.155. The summed E-state index contributed by atoms with van der Waals surface area (Å²) in [4.78, 5) is 25.8. The Kier molecular flexibility index (Phi) is 15.0. The molecule has 12 atom stereocenters. The van der Waals surface area contributed by atoms with Crippen LogP contribution in [0, 0.1) is 57.2 Å². The van der Waals surface area contributed by atoms with Crippen molar-refractivity contribution in [2.75, 3.05) is 26.3 Å². The van der Waals surface area contributed by atoms with Crippen molar-refractivity contribution in [3.63, 3.8) is 0 Å². The summed E-state index contributed by atoms with van der Waals surface area (Å²) in [6, 6.07) is 0.0125. The van der Waals surface area contributed by atoms with Crippen molar-refractivity contribution < 1.29 is 28.5 Å². The normalized spacial score (nSPS) is 36.5. The Labute approximate surface area is 348 Å². The molecule has 2 N–H and O–H groups in total. The van der Waals surface area contributed by atoms with Crippen LogP contribution in [0.5, 0.6) is 0 Å². The first-order valence-corrected chi connectivity index (χ1v) is 24.0. The summed E-state index contributed by atoms with van der Waals surface area (Å²) in [5.74, 6) is 3.49. The lowest BCUT2D eigenvalue weighted by Crippen LogP contribution is -2.54.